The summed E-state index contributed by atoms with van der Waals surface area (Å²) in [6.45, 7) is 2.04. The van der Waals surface area contributed by atoms with Crippen molar-refractivity contribution in [2.24, 2.45) is 23.7 Å². The second-order valence-corrected chi connectivity index (χ2v) is 6.58. The smallest absolute Gasteiger partial charge is 0.122 e. The summed E-state index contributed by atoms with van der Waals surface area (Å²) >= 11 is 0. The van der Waals surface area contributed by atoms with Crippen LogP contribution in [0.1, 0.15) is 43.8 Å². The summed E-state index contributed by atoms with van der Waals surface area (Å²) in [4.78, 5) is 0. The van der Waals surface area contributed by atoms with Crippen LogP contribution in [-0.4, -0.2) is 9.78 Å². The number of aromatic nitrogens is 2. The van der Waals surface area contributed by atoms with Gasteiger partial charge in [0.15, 0.2) is 0 Å². The normalized spacial score (nSPS) is 43.2. The maximum Gasteiger partial charge on any atom is 0.122 e. The summed E-state index contributed by atoms with van der Waals surface area (Å²) in [6, 6.07) is 2.63. The number of nitrogens with two attached hydrogens (primary N) is 1. The van der Waals surface area contributed by atoms with E-state index in [-0.39, 0.29) is 0 Å². The highest BCUT2D eigenvalue weighted by Gasteiger charge is 2.49. The van der Waals surface area contributed by atoms with Crippen molar-refractivity contribution in [3.63, 3.8) is 0 Å². The van der Waals surface area contributed by atoms with E-state index in [0.717, 1.165) is 35.2 Å². The fourth-order valence-corrected chi connectivity index (χ4v) is 5.07. The monoisotopic (exact) mass is 231 g/mol. The Morgan fingerprint density at radius 2 is 1.71 bits per heavy atom. The second-order valence-electron chi connectivity index (χ2n) is 6.58. The summed E-state index contributed by atoms with van der Waals surface area (Å²) in [7, 11) is 0. The molecule has 0 aliphatic heterocycles. The molecule has 1 aromatic heterocycles. The van der Waals surface area contributed by atoms with E-state index < -0.39 is 0 Å². The molecule has 2 N–H and O–H groups in total. The SMILES string of the molecule is Cc1cc(N)n(C2C3CC4CC(C3)CC2C4)n1. The van der Waals surface area contributed by atoms with E-state index in [0.29, 0.717) is 6.04 Å². The van der Waals surface area contributed by atoms with Gasteiger partial charge in [-0.3, -0.25) is 0 Å². The van der Waals surface area contributed by atoms with Crippen LogP contribution in [0.25, 0.3) is 0 Å². The van der Waals surface area contributed by atoms with Gasteiger partial charge >= 0.3 is 0 Å². The van der Waals surface area contributed by atoms with Crippen molar-refractivity contribution < 1.29 is 0 Å². The standard InChI is InChI=1S/C14H21N3/c1-8-2-13(15)17(16-8)14-11-4-9-3-10(6-11)7-12(14)5-9/h2,9-12,14H,3-7,15H2,1H3. The molecule has 1 heterocycles. The zero-order valence-electron chi connectivity index (χ0n) is 10.5. The van der Waals surface area contributed by atoms with E-state index >= 15 is 0 Å². The third-order valence-corrected chi connectivity index (χ3v) is 5.35. The van der Waals surface area contributed by atoms with Gasteiger partial charge in [-0.2, -0.15) is 5.10 Å². The van der Waals surface area contributed by atoms with Crippen molar-refractivity contribution in [3.8, 4) is 0 Å². The lowest BCUT2D eigenvalue weighted by Crippen LogP contribution is -2.46. The van der Waals surface area contributed by atoms with Gasteiger partial charge in [0.1, 0.15) is 5.82 Å². The molecule has 4 saturated carbocycles. The van der Waals surface area contributed by atoms with Crippen molar-refractivity contribution in [2.45, 2.75) is 45.1 Å². The molecule has 0 unspecified atom stereocenters. The van der Waals surface area contributed by atoms with Crippen LogP contribution >= 0.6 is 0 Å². The highest BCUT2D eigenvalue weighted by atomic mass is 15.3. The largest absolute Gasteiger partial charge is 0.384 e. The lowest BCUT2D eigenvalue weighted by atomic mass is 9.54. The summed E-state index contributed by atoms with van der Waals surface area (Å²) in [5.74, 6) is 4.62. The molecule has 4 fully saturated rings. The van der Waals surface area contributed by atoms with Gasteiger partial charge < -0.3 is 5.73 Å². The first-order valence-corrected chi connectivity index (χ1v) is 7.02. The number of hydrogen-bond donors (Lipinski definition) is 1. The molecule has 1 aromatic rings. The molecule has 0 atom stereocenters. The van der Waals surface area contributed by atoms with Crippen molar-refractivity contribution in [3.05, 3.63) is 11.8 Å². The predicted octanol–water partition coefficient (Wildman–Crippen LogP) is 2.77. The van der Waals surface area contributed by atoms with Crippen LogP contribution in [0.2, 0.25) is 0 Å². The number of hydrogen-bond acceptors (Lipinski definition) is 2. The third-order valence-electron chi connectivity index (χ3n) is 5.35. The summed E-state index contributed by atoms with van der Waals surface area (Å²) in [5, 5.41) is 4.65. The Morgan fingerprint density at radius 1 is 1.12 bits per heavy atom. The topological polar surface area (TPSA) is 43.8 Å². The Balaban J connectivity index is 1.72. The first-order chi connectivity index (χ1) is 8.20. The zero-order chi connectivity index (χ0) is 11.6. The predicted molar refractivity (Wildman–Crippen MR) is 67.5 cm³/mol. The first kappa shape index (κ1) is 9.98. The fraction of sp³-hybridized carbons (Fsp3) is 0.786. The van der Waals surface area contributed by atoms with Gasteiger partial charge in [0.2, 0.25) is 0 Å². The minimum Gasteiger partial charge on any atom is -0.384 e. The minimum atomic E-state index is 0.608. The van der Waals surface area contributed by atoms with E-state index in [9.17, 15) is 0 Å². The molecule has 4 bridgehead atoms. The van der Waals surface area contributed by atoms with Crippen molar-refractivity contribution >= 4 is 5.82 Å². The van der Waals surface area contributed by atoms with E-state index in [1.165, 1.54) is 32.1 Å². The minimum absolute atomic E-state index is 0.608. The Hall–Kier alpha value is -0.990. The molecule has 92 valence electrons. The van der Waals surface area contributed by atoms with Crippen LogP contribution in [0.3, 0.4) is 0 Å². The summed E-state index contributed by atoms with van der Waals surface area (Å²) < 4.78 is 2.16. The lowest BCUT2D eigenvalue weighted by Gasteiger charge is -2.54. The van der Waals surface area contributed by atoms with Crippen molar-refractivity contribution in [1.82, 2.24) is 9.78 Å². The van der Waals surface area contributed by atoms with E-state index in [4.69, 9.17) is 5.73 Å². The van der Waals surface area contributed by atoms with Gasteiger partial charge in [-0.15, -0.1) is 0 Å². The molecule has 17 heavy (non-hydrogen) atoms. The Bertz CT molecular complexity index is 420. The Morgan fingerprint density at radius 3 is 2.18 bits per heavy atom. The van der Waals surface area contributed by atoms with Crippen LogP contribution in [-0.2, 0) is 0 Å². The van der Waals surface area contributed by atoms with Crippen LogP contribution < -0.4 is 5.73 Å². The Labute approximate surface area is 102 Å². The van der Waals surface area contributed by atoms with Crippen LogP contribution in [0.15, 0.2) is 6.07 Å². The molecule has 0 spiro atoms. The highest BCUT2D eigenvalue weighted by molar-refractivity contribution is 5.31. The van der Waals surface area contributed by atoms with Crippen LogP contribution in [0, 0.1) is 30.6 Å². The van der Waals surface area contributed by atoms with Gasteiger partial charge in [-0.05, 0) is 62.7 Å². The molecule has 5 rings (SSSR count). The average molecular weight is 231 g/mol. The Kier molecular flexibility index (Phi) is 1.92. The molecule has 0 radical (unpaired) electrons. The van der Waals surface area contributed by atoms with Gasteiger partial charge in [-0.25, -0.2) is 4.68 Å². The van der Waals surface area contributed by atoms with E-state index in [1.54, 1.807) is 0 Å². The van der Waals surface area contributed by atoms with Gasteiger partial charge in [0.05, 0.1) is 11.7 Å². The van der Waals surface area contributed by atoms with Crippen molar-refractivity contribution in [2.75, 3.05) is 5.73 Å². The zero-order valence-corrected chi connectivity index (χ0v) is 10.5. The molecule has 0 amide bonds. The maximum absolute atomic E-state index is 6.12. The molecule has 4 aliphatic carbocycles. The van der Waals surface area contributed by atoms with Gasteiger partial charge in [0.25, 0.3) is 0 Å². The van der Waals surface area contributed by atoms with Crippen LogP contribution in [0.4, 0.5) is 5.82 Å². The summed E-state index contributed by atoms with van der Waals surface area (Å²) in [5.41, 5.74) is 7.19. The molecule has 4 aliphatic rings. The number of aryl methyl sites for hydroxylation is 1. The second kappa shape index (κ2) is 3.27. The van der Waals surface area contributed by atoms with Crippen LogP contribution in [0.5, 0.6) is 0 Å². The lowest BCUT2D eigenvalue weighted by molar-refractivity contribution is -0.0328. The molecule has 3 heteroatoms. The highest BCUT2D eigenvalue weighted by Crippen LogP contribution is 2.58. The number of anilines is 1. The maximum atomic E-state index is 6.12. The number of nitrogen functional groups attached to an aromatic ring is 1. The van der Waals surface area contributed by atoms with Crippen molar-refractivity contribution in [1.29, 1.82) is 0 Å². The fourth-order valence-electron chi connectivity index (χ4n) is 5.07. The molecule has 3 nitrogen and oxygen atoms in total. The van der Waals surface area contributed by atoms with E-state index in [2.05, 4.69) is 9.78 Å². The number of rotatable bonds is 1. The van der Waals surface area contributed by atoms with E-state index in [1.807, 2.05) is 13.0 Å². The number of nitrogens with zero attached hydrogens (tertiary/aromatic N) is 2. The molecular formula is C14H21N3. The molecule has 0 saturated heterocycles. The third kappa shape index (κ3) is 1.37. The quantitative estimate of drug-likeness (QED) is 0.807. The van der Waals surface area contributed by atoms with Gasteiger partial charge in [-0.1, -0.05) is 0 Å². The average Bonchev–Trinajstić information content (AvgIpc) is 2.56. The molecular weight excluding hydrogens is 210 g/mol. The van der Waals surface area contributed by atoms with Gasteiger partial charge in [0, 0.05) is 6.07 Å². The first-order valence-electron chi connectivity index (χ1n) is 7.02. The molecule has 0 aromatic carbocycles. The summed E-state index contributed by atoms with van der Waals surface area (Å²) in [6.07, 6.45) is 7.21.